The quantitative estimate of drug-likeness (QED) is 0.926. The minimum atomic E-state index is -0.545. The first kappa shape index (κ1) is 16.2. The van der Waals surface area contributed by atoms with Crippen LogP contribution in [0.1, 0.15) is 34.6 Å². The predicted octanol–water partition coefficient (Wildman–Crippen LogP) is 3.22. The van der Waals surface area contributed by atoms with Crippen LogP contribution in [0.5, 0.6) is 0 Å². The highest BCUT2D eigenvalue weighted by Crippen LogP contribution is 2.42. The third-order valence-corrected chi connectivity index (χ3v) is 4.50. The SMILES string of the molecule is CCN(CC1C(O)C(C)(C)OC1(C)C)c1ccc(F)cc1. The monoisotopic (exact) mass is 295 g/mol. The first-order valence-corrected chi connectivity index (χ1v) is 7.56. The normalized spacial score (nSPS) is 26.8. The first-order chi connectivity index (χ1) is 9.67. The fourth-order valence-electron chi connectivity index (χ4n) is 3.30. The van der Waals surface area contributed by atoms with Crippen molar-refractivity contribution in [1.82, 2.24) is 0 Å². The lowest BCUT2D eigenvalue weighted by molar-refractivity contribution is -0.0906. The van der Waals surface area contributed by atoms with Crippen molar-refractivity contribution in [2.75, 3.05) is 18.0 Å². The molecule has 2 unspecified atom stereocenters. The van der Waals surface area contributed by atoms with Gasteiger partial charge in [0.2, 0.25) is 0 Å². The molecule has 2 rings (SSSR count). The molecule has 1 aliphatic heterocycles. The summed E-state index contributed by atoms with van der Waals surface area (Å²) in [7, 11) is 0. The molecule has 1 fully saturated rings. The van der Waals surface area contributed by atoms with Gasteiger partial charge in [0.15, 0.2) is 0 Å². The average molecular weight is 295 g/mol. The number of rotatable bonds is 4. The largest absolute Gasteiger partial charge is 0.390 e. The zero-order valence-electron chi connectivity index (χ0n) is 13.6. The molecular weight excluding hydrogens is 269 g/mol. The van der Waals surface area contributed by atoms with Gasteiger partial charge in [0.25, 0.3) is 0 Å². The van der Waals surface area contributed by atoms with Crippen molar-refractivity contribution in [3.8, 4) is 0 Å². The van der Waals surface area contributed by atoms with Crippen LogP contribution >= 0.6 is 0 Å². The molecule has 1 heterocycles. The molecule has 0 saturated carbocycles. The molecule has 4 heteroatoms. The van der Waals surface area contributed by atoms with Gasteiger partial charge in [-0.05, 0) is 58.9 Å². The maximum absolute atomic E-state index is 13.1. The Bertz CT molecular complexity index is 484. The maximum atomic E-state index is 13.1. The molecular formula is C17H26FNO2. The molecule has 1 aromatic carbocycles. The van der Waals surface area contributed by atoms with Gasteiger partial charge in [0.1, 0.15) is 5.82 Å². The number of hydrogen-bond acceptors (Lipinski definition) is 3. The Balaban J connectivity index is 2.20. The second kappa shape index (κ2) is 5.58. The highest BCUT2D eigenvalue weighted by molar-refractivity contribution is 5.46. The first-order valence-electron chi connectivity index (χ1n) is 7.56. The van der Waals surface area contributed by atoms with Gasteiger partial charge >= 0.3 is 0 Å². The third-order valence-electron chi connectivity index (χ3n) is 4.50. The molecule has 2 atom stereocenters. The standard InChI is InChI=1S/C17H26FNO2/c1-6-19(13-9-7-12(18)8-10-13)11-14-15(20)17(4,5)21-16(14,2)3/h7-10,14-15,20H,6,11H2,1-5H3. The Morgan fingerprint density at radius 3 is 2.14 bits per heavy atom. The summed E-state index contributed by atoms with van der Waals surface area (Å²) in [4.78, 5) is 2.15. The number of nitrogens with zero attached hydrogens (tertiary/aromatic N) is 1. The van der Waals surface area contributed by atoms with E-state index < -0.39 is 17.3 Å². The number of anilines is 1. The van der Waals surface area contributed by atoms with Crippen molar-refractivity contribution in [3.63, 3.8) is 0 Å². The summed E-state index contributed by atoms with van der Waals surface area (Å²) in [6.07, 6.45) is -0.526. The fraction of sp³-hybridized carbons (Fsp3) is 0.647. The van der Waals surface area contributed by atoms with E-state index in [9.17, 15) is 9.50 Å². The van der Waals surface area contributed by atoms with E-state index in [1.54, 1.807) is 12.1 Å². The molecule has 1 saturated heterocycles. The summed E-state index contributed by atoms with van der Waals surface area (Å²) in [5.41, 5.74) is 0.0267. The van der Waals surface area contributed by atoms with Gasteiger partial charge in [-0.25, -0.2) is 4.39 Å². The van der Waals surface area contributed by atoms with Crippen molar-refractivity contribution < 1.29 is 14.2 Å². The van der Waals surface area contributed by atoms with Crippen LogP contribution in [0, 0.1) is 11.7 Å². The molecule has 0 amide bonds. The van der Waals surface area contributed by atoms with E-state index in [-0.39, 0.29) is 11.7 Å². The molecule has 1 aromatic rings. The number of halogens is 1. The number of benzene rings is 1. The van der Waals surface area contributed by atoms with E-state index >= 15 is 0 Å². The van der Waals surface area contributed by atoms with E-state index in [4.69, 9.17) is 4.74 Å². The summed E-state index contributed by atoms with van der Waals surface area (Å²) in [5, 5.41) is 10.6. The topological polar surface area (TPSA) is 32.7 Å². The molecule has 0 radical (unpaired) electrons. The van der Waals surface area contributed by atoms with E-state index in [0.717, 1.165) is 12.2 Å². The lowest BCUT2D eigenvalue weighted by atomic mass is 9.84. The number of aliphatic hydroxyl groups excluding tert-OH is 1. The van der Waals surface area contributed by atoms with Gasteiger partial charge in [0, 0.05) is 24.7 Å². The summed E-state index contributed by atoms with van der Waals surface area (Å²) in [6.45, 7) is 11.4. The Hall–Kier alpha value is -1.13. The predicted molar refractivity (Wildman–Crippen MR) is 83.0 cm³/mol. The van der Waals surface area contributed by atoms with Gasteiger partial charge in [-0.2, -0.15) is 0 Å². The van der Waals surface area contributed by atoms with E-state index in [1.807, 2.05) is 27.7 Å². The highest BCUT2D eigenvalue weighted by atomic mass is 19.1. The van der Waals surface area contributed by atoms with Gasteiger partial charge in [0.05, 0.1) is 17.3 Å². The Morgan fingerprint density at radius 1 is 1.14 bits per heavy atom. The molecule has 0 aliphatic carbocycles. The van der Waals surface area contributed by atoms with Crippen LogP contribution in [-0.4, -0.2) is 35.5 Å². The van der Waals surface area contributed by atoms with Crippen LogP contribution in [0.4, 0.5) is 10.1 Å². The molecule has 0 aromatic heterocycles. The molecule has 0 spiro atoms. The Kier molecular flexibility index (Phi) is 4.31. The van der Waals surface area contributed by atoms with Crippen LogP contribution in [0.15, 0.2) is 24.3 Å². The van der Waals surface area contributed by atoms with Crippen LogP contribution in [-0.2, 0) is 4.74 Å². The van der Waals surface area contributed by atoms with Crippen molar-refractivity contribution in [2.24, 2.45) is 5.92 Å². The summed E-state index contributed by atoms with van der Waals surface area (Å²) in [5.74, 6) is -0.238. The van der Waals surface area contributed by atoms with E-state index in [0.29, 0.717) is 6.54 Å². The molecule has 1 N–H and O–H groups in total. The summed E-state index contributed by atoms with van der Waals surface area (Å²) >= 11 is 0. The molecule has 21 heavy (non-hydrogen) atoms. The zero-order chi connectivity index (χ0) is 15.8. The second-order valence-electron chi connectivity index (χ2n) is 6.88. The number of hydrogen-bond donors (Lipinski definition) is 1. The molecule has 3 nitrogen and oxygen atoms in total. The Morgan fingerprint density at radius 2 is 1.71 bits per heavy atom. The smallest absolute Gasteiger partial charge is 0.123 e. The van der Waals surface area contributed by atoms with E-state index in [2.05, 4.69) is 11.8 Å². The van der Waals surface area contributed by atoms with E-state index in [1.165, 1.54) is 12.1 Å². The number of aliphatic hydroxyl groups is 1. The van der Waals surface area contributed by atoms with Crippen molar-refractivity contribution in [1.29, 1.82) is 0 Å². The Labute approximate surface area is 126 Å². The fourth-order valence-corrected chi connectivity index (χ4v) is 3.30. The maximum Gasteiger partial charge on any atom is 0.123 e. The van der Waals surface area contributed by atoms with Crippen molar-refractivity contribution >= 4 is 5.69 Å². The van der Waals surface area contributed by atoms with Crippen LogP contribution in [0.2, 0.25) is 0 Å². The van der Waals surface area contributed by atoms with Gasteiger partial charge in [-0.3, -0.25) is 0 Å². The van der Waals surface area contributed by atoms with Gasteiger partial charge < -0.3 is 14.7 Å². The highest BCUT2D eigenvalue weighted by Gasteiger charge is 2.53. The molecule has 1 aliphatic rings. The van der Waals surface area contributed by atoms with Crippen LogP contribution < -0.4 is 4.90 Å². The summed E-state index contributed by atoms with van der Waals surface area (Å²) in [6, 6.07) is 6.49. The minimum absolute atomic E-state index is 0.00231. The van der Waals surface area contributed by atoms with Gasteiger partial charge in [-0.1, -0.05) is 0 Å². The molecule has 0 bridgehead atoms. The summed E-state index contributed by atoms with van der Waals surface area (Å²) < 4.78 is 19.1. The van der Waals surface area contributed by atoms with Crippen LogP contribution in [0.3, 0.4) is 0 Å². The molecule has 118 valence electrons. The lowest BCUT2D eigenvalue weighted by Crippen LogP contribution is -2.43. The lowest BCUT2D eigenvalue weighted by Gasteiger charge is -2.33. The minimum Gasteiger partial charge on any atom is -0.390 e. The second-order valence-corrected chi connectivity index (χ2v) is 6.88. The average Bonchev–Trinajstić information content (AvgIpc) is 2.54. The van der Waals surface area contributed by atoms with Crippen LogP contribution in [0.25, 0.3) is 0 Å². The third kappa shape index (κ3) is 3.22. The van der Waals surface area contributed by atoms with Crippen molar-refractivity contribution in [2.45, 2.75) is 51.9 Å². The van der Waals surface area contributed by atoms with Gasteiger partial charge in [-0.15, -0.1) is 0 Å². The number of ether oxygens (including phenoxy) is 1. The van der Waals surface area contributed by atoms with Crippen molar-refractivity contribution in [3.05, 3.63) is 30.1 Å². The zero-order valence-corrected chi connectivity index (χ0v) is 13.6.